The predicted octanol–water partition coefficient (Wildman–Crippen LogP) is 2.00. The van der Waals surface area contributed by atoms with Gasteiger partial charge in [0.1, 0.15) is 5.75 Å². The SMILES string of the molecule is C/C(=N/NC(=O)c1cncc(S(C)(=O)=O)c1)c1cc(Cl)ccc1O. The number of hydrogen-bond donors (Lipinski definition) is 2. The third-order valence-corrected chi connectivity index (χ3v) is 4.39. The normalized spacial score (nSPS) is 12.0. The highest BCUT2D eigenvalue weighted by Crippen LogP contribution is 2.22. The van der Waals surface area contributed by atoms with E-state index < -0.39 is 15.7 Å². The van der Waals surface area contributed by atoms with Crippen LogP contribution in [-0.4, -0.2) is 36.4 Å². The molecule has 1 aromatic heterocycles. The molecule has 1 amide bonds. The number of rotatable bonds is 4. The van der Waals surface area contributed by atoms with E-state index in [-0.39, 0.29) is 16.2 Å². The van der Waals surface area contributed by atoms with Crippen LogP contribution in [-0.2, 0) is 9.84 Å². The van der Waals surface area contributed by atoms with E-state index in [1.807, 2.05) is 0 Å². The number of hydrazone groups is 1. The number of benzene rings is 1. The highest BCUT2D eigenvalue weighted by molar-refractivity contribution is 7.90. The first-order valence-electron chi connectivity index (χ1n) is 6.67. The Hall–Kier alpha value is -2.45. The summed E-state index contributed by atoms with van der Waals surface area (Å²) in [5.74, 6) is -0.662. The van der Waals surface area contributed by atoms with Gasteiger partial charge in [0, 0.05) is 29.2 Å². The van der Waals surface area contributed by atoms with Crippen molar-refractivity contribution in [2.75, 3.05) is 6.26 Å². The van der Waals surface area contributed by atoms with Crippen molar-refractivity contribution in [3.8, 4) is 5.75 Å². The van der Waals surface area contributed by atoms with Gasteiger partial charge in [-0.15, -0.1) is 0 Å². The maximum atomic E-state index is 12.1. The number of hydrogen-bond acceptors (Lipinski definition) is 6. The van der Waals surface area contributed by atoms with Crippen LogP contribution in [0.3, 0.4) is 0 Å². The lowest BCUT2D eigenvalue weighted by molar-refractivity contribution is 0.0954. The molecular weight excluding hydrogens is 354 g/mol. The summed E-state index contributed by atoms with van der Waals surface area (Å²) in [6.07, 6.45) is 3.41. The van der Waals surface area contributed by atoms with Gasteiger partial charge in [-0.05, 0) is 31.2 Å². The summed E-state index contributed by atoms with van der Waals surface area (Å²) in [6.45, 7) is 1.58. The summed E-state index contributed by atoms with van der Waals surface area (Å²) >= 11 is 5.86. The van der Waals surface area contributed by atoms with Gasteiger partial charge in [0.2, 0.25) is 0 Å². The van der Waals surface area contributed by atoms with Gasteiger partial charge in [0.15, 0.2) is 9.84 Å². The van der Waals surface area contributed by atoms with E-state index in [1.165, 1.54) is 30.5 Å². The molecule has 7 nitrogen and oxygen atoms in total. The fraction of sp³-hybridized carbons (Fsp3) is 0.133. The Morgan fingerprint density at radius 2 is 2.00 bits per heavy atom. The van der Waals surface area contributed by atoms with Gasteiger partial charge in [-0.3, -0.25) is 9.78 Å². The van der Waals surface area contributed by atoms with E-state index in [9.17, 15) is 18.3 Å². The second-order valence-electron chi connectivity index (χ2n) is 4.98. The maximum absolute atomic E-state index is 12.1. The second-order valence-corrected chi connectivity index (χ2v) is 7.43. The molecule has 2 N–H and O–H groups in total. The molecule has 0 radical (unpaired) electrons. The first kappa shape index (κ1) is 17.9. The number of aromatic hydroxyl groups is 1. The molecule has 0 unspecified atom stereocenters. The average Bonchev–Trinajstić information content (AvgIpc) is 2.54. The molecule has 1 heterocycles. The van der Waals surface area contributed by atoms with E-state index in [4.69, 9.17) is 11.6 Å². The van der Waals surface area contributed by atoms with Crippen molar-refractivity contribution in [3.63, 3.8) is 0 Å². The maximum Gasteiger partial charge on any atom is 0.272 e. The van der Waals surface area contributed by atoms with Crippen LogP contribution in [0.25, 0.3) is 0 Å². The summed E-state index contributed by atoms with van der Waals surface area (Å²) in [7, 11) is -3.47. The van der Waals surface area contributed by atoms with Crippen LogP contribution in [0.15, 0.2) is 46.7 Å². The first-order valence-corrected chi connectivity index (χ1v) is 8.94. The van der Waals surface area contributed by atoms with Crippen molar-refractivity contribution in [1.29, 1.82) is 0 Å². The number of carbonyl (C=O) groups is 1. The lowest BCUT2D eigenvalue weighted by atomic mass is 10.1. The van der Waals surface area contributed by atoms with E-state index in [0.717, 1.165) is 12.5 Å². The number of nitrogens with one attached hydrogen (secondary N) is 1. The number of aromatic nitrogens is 1. The summed E-state index contributed by atoms with van der Waals surface area (Å²) in [4.78, 5) is 15.7. The first-order chi connectivity index (χ1) is 11.2. The second kappa shape index (κ2) is 6.98. The molecule has 0 saturated carbocycles. The van der Waals surface area contributed by atoms with Gasteiger partial charge in [-0.1, -0.05) is 11.6 Å². The quantitative estimate of drug-likeness (QED) is 0.634. The number of sulfone groups is 1. The number of carbonyl (C=O) groups excluding carboxylic acids is 1. The van der Waals surface area contributed by atoms with Gasteiger partial charge < -0.3 is 5.11 Å². The lowest BCUT2D eigenvalue weighted by Crippen LogP contribution is -2.20. The van der Waals surface area contributed by atoms with Gasteiger partial charge in [0.25, 0.3) is 5.91 Å². The molecular formula is C15H14ClN3O4S. The number of amides is 1. The smallest absolute Gasteiger partial charge is 0.272 e. The Labute approximate surface area is 143 Å². The average molecular weight is 368 g/mol. The summed E-state index contributed by atoms with van der Waals surface area (Å²) in [5, 5.41) is 14.1. The highest BCUT2D eigenvalue weighted by Gasteiger charge is 2.13. The van der Waals surface area contributed by atoms with E-state index in [2.05, 4.69) is 15.5 Å². The van der Waals surface area contributed by atoms with E-state index >= 15 is 0 Å². The predicted molar refractivity (Wildman–Crippen MR) is 90.1 cm³/mol. The number of pyridine rings is 1. The number of phenolic OH excluding ortho intramolecular Hbond substituents is 1. The minimum absolute atomic E-state index is 0.0318. The molecule has 2 rings (SSSR count). The topological polar surface area (TPSA) is 109 Å². The molecule has 0 aliphatic carbocycles. The molecule has 126 valence electrons. The Balaban J connectivity index is 2.22. The molecule has 0 bridgehead atoms. The molecule has 2 aromatic rings. The summed E-state index contributed by atoms with van der Waals surface area (Å²) in [5.41, 5.74) is 3.02. The van der Waals surface area contributed by atoms with Crippen LogP contribution in [0.1, 0.15) is 22.8 Å². The zero-order chi connectivity index (χ0) is 17.9. The number of halogens is 1. The molecule has 0 fully saturated rings. The van der Waals surface area contributed by atoms with Gasteiger partial charge in [-0.25, -0.2) is 13.8 Å². The Morgan fingerprint density at radius 3 is 2.67 bits per heavy atom. The van der Waals surface area contributed by atoms with Crippen molar-refractivity contribution < 1.29 is 18.3 Å². The molecule has 24 heavy (non-hydrogen) atoms. The standard InChI is InChI=1S/C15H14ClN3O4S/c1-9(13-6-11(16)3-4-14(13)20)18-19-15(21)10-5-12(8-17-7-10)24(2,22)23/h3-8,20H,1-2H3,(H,19,21)/b18-9-. The van der Waals surface area contributed by atoms with Crippen LogP contribution >= 0.6 is 11.6 Å². The third kappa shape index (κ3) is 4.30. The Bertz CT molecular complexity index is 926. The molecule has 0 aliphatic heterocycles. The molecule has 0 spiro atoms. The monoisotopic (exact) mass is 367 g/mol. The number of phenols is 1. The summed E-state index contributed by atoms with van der Waals surface area (Å²) in [6, 6.07) is 5.65. The van der Waals surface area contributed by atoms with Crippen molar-refractivity contribution in [3.05, 3.63) is 52.8 Å². The minimum Gasteiger partial charge on any atom is -0.507 e. The fourth-order valence-corrected chi connectivity index (χ4v) is 2.57. The van der Waals surface area contributed by atoms with Gasteiger partial charge in [-0.2, -0.15) is 5.10 Å². The molecule has 9 heteroatoms. The third-order valence-electron chi connectivity index (χ3n) is 3.08. The van der Waals surface area contributed by atoms with Crippen molar-refractivity contribution >= 4 is 33.1 Å². The van der Waals surface area contributed by atoms with Crippen molar-refractivity contribution in [2.24, 2.45) is 5.10 Å². The largest absolute Gasteiger partial charge is 0.507 e. The van der Waals surface area contributed by atoms with Gasteiger partial charge >= 0.3 is 0 Å². The van der Waals surface area contributed by atoms with Crippen LogP contribution in [0, 0.1) is 0 Å². The zero-order valence-electron chi connectivity index (χ0n) is 12.8. The highest BCUT2D eigenvalue weighted by atomic mass is 35.5. The minimum atomic E-state index is -3.47. The van der Waals surface area contributed by atoms with Crippen LogP contribution in [0.2, 0.25) is 5.02 Å². The lowest BCUT2D eigenvalue weighted by Gasteiger charge is -2.06. The molecule has 0 aliphatic rings. The van der Waals surface area contributed by atoms with Crippen molar-refractivity contribution in [2.45, 2.75) is 11.8 Å². The van der Waals surface area contributed by atoms with Crippen molar-refractivity contribution in [1.82, 2.24) is 10.4 Å². The molecule has 0 saturated heterocycles. The number of nitrogens with zero attached hydrogens (tertiary/aromatic N) is 2. The van der Waals surface area contributed by atoms with E-state index in [1.54, 1.807) is 6.92 Å². The Kier molecular flexibility index (Phi) is 5.20. The summed E-state index contributed by atoms with van der Waals surface area (Å²) < 4.78 is 23.0. The molecule has 1 aromatic carbocycles. The Morgan fingerprint density at radius 1 is 1.29 bits per heavy atom. The van der Waals surface area contributed by atoms with E-state index in [0.29, 0.717) is 16.3 Å². The molecule has 0 atom stereocenters. The fourth-order valence-electron chi connectivity index (χ4n) is 1.80. The van der Waals surface area contributed by atoms with Gasteiger partial charge in [0.05, 0.1) is 16.2 Å². The van der Waals surface area contributed by atoms with Crippen LogP contribution in [0.5, 0.6) is 5.75 Å². The van der Waals surface area contributed by atoms with Crippen LogP contribution in [0.4, 0.5) is 0 Å². The zero-order valence-corrected chi connectivity index (χ0v) is 14.4. The van der Waals surface area contributed by atoms with Crippen LogP contribution < -0.4 is 5.43 Å².